The molecule has 0 N–H and O–H groups in total. The predicted octanol–water partition coefficient (Wildman–Crippen LogP) is 5.51. The van der Waals surface area contributed by atoms with Gasteiger partial charge in [-0.1, -0.05) is 60.9 Å². The number of hydrogen-bond acceptors (Lipinski definition) is 7. The Bertz CT molecular complexity index is 1150. The monoisotopic (exact) mass is 478 g/mol. The largest absolute Gasteiger partial charge is 0.497 e. The van der Waals surface area contributed by atoms with Gasteiger partial charge in [-0.15, -0.1) is 10.2 Å². The summed E-state index contributed by atoms with van der Waals surface area (Å²) in [6.45, 7) is 2.01. The van der Waals surface area contributed by atoms with Gasteiger partial charge < -0.3 is 9.47 Å². The zero-order valence-corrected chi connectivity index (χ0v) is 20.7. The number of hydrogen-bond donors (Lipinski definition) is 0. The molecule has 34 heavy (non-hydrogen) atoms. The smallest absolute Gasteiger partial charge is 0.212 e. The number of thioether (sulfide) groups is 1. The molecular weight excluding hydrogens is 448 g/mol. The molecule has 0 aliphatic heterocycles. The molecule has 0 bridgehead atoms. The Balaban J connectivity index is 1.61. The third-order valence-electron chi connectivity index (χ3n) is 6.06. The molecular formula is C26H30N4O3S. The van der Waals surface area contributed by atoms with Crippen molar-refractivity contribution in [2.45, 2.75) is 50.1 Å². The minimum Gasteiger partial charge on any atom is -0.497 e. The Morgan fingerprint density at radius 1 is 1.09 bits per heavy atom. The number of aromatic nitrogens is 3. The lowest BCUT2D eigenvalue weighted by Crippen LogP contribution is -2.11. The molecule has 0 radical (unpaired) electrons. The van der Waals surface area contributed by atoms with Crippen LogP contribution in [0, 0.1) is 6.92 Å². The van der Waals surface area contributed by atoms with Gasteiger partial charge in [0.2, 0.25) is 5.16 Å². The molecule has 1 heterocycles. The zero-order chi connectivity index (χ0) is 23.9. The third-order valence-corrected chi connectivity index (χ3v) is 6.98. The molecule has 4 rings (SSSR count). The zero-order valence-electron chi connectivity index (χ0n) is 19.9. The quantitative estimate of drug-likeness (QED) is 0.229. The van der Waals surface area contributed by atoms with Gasteiger partial charge in [-0.2, -0.15) is 9.78 Å². The normalized spacial score (nSPS) is 14.4. The number of methoxy groups -OCH3 is 2. The predicted molar refractivity (Wildman–Crippen MR) is 135 cm³/mol. The standard InChI is InChI=1S/C26H30N4O3S/c1-18-9-11-19(12-10-18)23(31)17-34-26-29-28-25(20-7-5-4-6-8-20)30(26)27-16-21-15-22(32-2)13-14-24(21)33-3/h9-16,20H,4-8,17H2,1-3H3. The van der Waals surface area contributed by atoms with Crippen LogP contribution < -0.4 is 9.47 Å². The number of aryl methyl sites for hydroxylation is 1. The number of carbonyl (C=O) groups is 1. The van der Waals surface area contributed by atoms with Crippen molar-refractivity contribution in [3.8, 4) is 11.5 Å². The Morgan fingerprint density at radius 3 is 2.56 bits per heavy atom. The lowest BCUT2D eigenvalue weighted by Gasteiger charge is -2.20. The molecule has 178 valence electrons. The third kappa shape index (κ3) is 5.67. The fraction of sp³-hybridized carbons (Fsp3) is 0.385. The summed E-state index contributed by atoms with van der Waals surface area (Å²) in [7, 11) is 3.26. The van der Waals surface area contributed by atoms with Crippen molar-refractivity contribution in [2.75, 3.05) is 20.0 Å². The van der Waals surface area contributed by atoms with Crippen LogP contribution in [0.5, 0.6) is 11.5 Å². The van der Waals surface area contributed by atoms with Crippen molar-refractivity contribution < 1.29 is 14.3 Å². The highest BCUT2D eigenvalue weighted by molar-refractivity contribution is 7.99. The fourth-order valence-corrected chi connectivity index (χ4v) is 4.89. The van der Waals surface area contributed by atoms with Crippen LogP contribution in [-0.2, 0) is 0 Å². The minimum atomic E-state index is 0.0530. The molecule has 0 atom stereocenters. The number of Topliss-reactive ketones (excluding diaryl/α,β-unsaturated/α-hetero) is 1. The van der Waals surface area contributed by atoms with Gasteiger partial charge in [0.15, 0.2) is 11.6 Å². The van der Waals surface area contributed by atoms with E-state index >= 15 is 0 Å². The van der Waals surface area contributed by atoms with E-state index in [1.165, 1.54) is 31.0 Å². The van der Waals surface area contributed by atoms with E-state index in [1.54, 1.807) is 25.1 Å². The van der Waals surface area contributed by atoms with Crippen molar-refractivity contribution in [3.05, 3.63) is 65.0 Å². The summed E-state index contributed by atoms with van der Waals surface area (Å²) in [5.41, 5.74) is 2.61. The highest BCUT2D eigenvalue weighted by atomic mass is 32.2. The fourth-order valence-electron chi connectivity index (χ4n) is 4.10. The van der Waals surface area contributed by atoms with Crippen LogP contribution in [0.2, 0.25) is 0 Å². The molecule has 1 aliphatic rings. The lowest BCUT2D eigenvalue weighted by atomic mass is 9.89. The van der Waals surface area contributed by atoms with Crippen LogP contribution in [0.4, 0.5) is 0 Å². The highest BCUT2D eigenvalue weighted by Gasteiger charge is 2.24. The average molecular weight is 479 g/mol. The van der Waals surface area contributed by atoms with Gasteiger partial charge in [-0.25, -0.2) is 0 Å². The summed E-state index contributed by atoms with van der Waals surface area (Å²) < 4.78 is 12.6. The first-order chi connectivity index (χ1) is 16.6. The Labute approximate surface area is 204 Å². The van der Waals surface area contributed by atoms with Gasteiger partial charge in [0.05, 0.1) is 26.2 Å². The van der Waals surface area contributed by atoms with Crippen molar-refractivity contribution in [3.63, 3.8) is 0 Å². The number of carbonyl (C=O) groups excluding carboxylic acids is 1. The van der Waals surface area contributed by atoms with Crippen molar-refractivity contribution >= 4 is 23.8 Å². The number of nitrogens with zero attached hydrogens (tertiary/aromatic N) is 4. The van der Waals surface area contributed by atoms with Crippen molar-refractivity contribution in [2.24, 2.45) is 5.10 Å². The number of rotatable bonds is 9. The van der Waals surface area contributed by atoms with Crippen LogP contribution in [0.15, 0.2) is 52.7 Å². The van der Waals surface area contributed by atoms with E-state index in [0.29, 0.717) is 22.4 Å². The molecule has 0 amide bonds. The Hall–Kier alpha value is -3.13. The summed E-state index contributed by atoms with van der Waals surface area (Å²) in [5, 5.41) is 14.3. The van der Waals surface area contributed by atoms with E-state index in [1.807, 2.05) is 49.4 Å². The van der Waals surface area contributed by atoms with E-state index in [0.717, 1.165) is 35.5 Å². The molecule has 7 nitrogen and oxygen atoms in total. The van der Waals surface area contributed by atoms with E-state index in [-0.39, 0.29) is 11.5 Å². The molecule has 1 fully saturated rings. The minimum absolute atomic E-state index is 0.0530. The van der Waals surface area contributed by atoms with Crippen LogP contribution in [0.3, 0.4) is 0 Å². The maximum atomic E-state index is 12.7. The van der Waals surface area contributed by atoms with Crippen LogP contribution in [-0.4, -0.2) is 46.8 Å². The van der Waals surface area contributed by atoms with Gasteiger partial charge in [0, 0.05) is 17.0 Å². The van der Waals surface area contributed by atoms with Crippen LogP contribution in [0.1, 0.15) is 65.3 Å². The van der Waals surface area contributed by atoms with E-state index in [2.05, 4.69) is 10.2 Å². The molecule has 1 saturated carbocycles. The number of ketones is 1. The number of benzene rings is 2. The van der Waals surface area contributed by atoms with Gasteiger partial charge in [0.25, 0.3) is 0 Å². The summed E-state index contributed by atoms with van der Waals surface area (Å²) in [6.07, 6.45) is 7.50. The highest BCUT2D eigenvalue weighted by Crippen LogP contribution is 2.33. The van der Waals surface area contributed by atoms with E-state index in [4.69, 9.17) is 14.6 Å². The van der Waals surface area contributed by atoms with Gasteiger partial charge in [-0.05, 0) is 38.0 Å². The molecule has 3 aromatic rings. The summed E-state index contributed by atoms with van der Waals surface area (Å²) in [5.74, 6) is 2.90. The second-order valence-corrected chi connectivity index (χ2v) is 9.36. The first kappa shape index (κ1) is 24.0. The first-order valence-corrected chi connectivity index (χ1v) is 12.5. The summed E-state index contributed by atoms with van der Waals surface area (Å²) in [6, 6.07) is 13.2. The second kappa shape index (κ2) is 11.3. The summed E-state index contributed by atoms with van der Waals surface area (Å²) in [4.78, 5) is 12.7. The molecule has 2 aromatic carbocycles. The van der Waals surface area contributed by atoms with E-state index in [9.17, 15) is 4.79 Å². The molecule has 0 spiro atoms. The second-order valence-electron chi connectivity index (χ2n) is 8.42. The van der Waals surface area contributed by atoms with Gasteiger partial charge in [-0.3, -0.25) is 4.79 Å². The number of ether oxygens (including phenoxy) is 2. The van der Waals surface area contributed by atoms with Crippen LogP contribution in [0.25, 0.3) is 0 Å². The topological polar surface area (TPSA) is 78.6 Å². The lowest BCUT2D eigenvalue weighted by molar-refractivity contribution is 0.102. The maximum Gasteiger partial charge on any atom is 0.212 e. The van der Waals surface area contributed by atoms with Gasteiger partial charge >= 0.3 is 0 Å². The van der Waals surface area contributed by atoms with Crippen molar-refractivity contribution in [1.82, 2.24) is 14.9 Å². The molecule has 1 aliphatic carbocycles. The average Bonchev–Trinajstić information content (AvgIpc) is 3.29. The van der Waals surface area contributed by atoms with Crippen LogP contribution >= 0.6 is 11.8 Å². The molecule has 8 heteroatoms. The summed E-state index contributed by atoms with van der Waals surface area (Å²) >= 11 is 1.36. The Morgan fingerprint density at radius 2 is 1.85 bits per heavy atom. The maximum absolute atomic E-state index is 12.7. The van der Waals surface area contributed by atoms with Gasteiger partial charge in [0.1, 0.15) is 11.5 Å². The van der Waals surface area contributed by atoms with Crippen molar-refractivity contribution in [1.29, 1.82) is 0 Å². The SMILES string of the molecule is COc1ccc(OC)c(C=Nn2c(SCC(=O)c3ccc(C)cc3)nnc2C2CCCCC2)c1. The Kier molecular flexibility index (Phi) is 8.00. The molecule has 0 unspecified atom stereocenters. The van der Waals surface area contributed by atoms with E-state index < -0.39 is 0 Å². The molecule has 1 aromatic heterocycles. The first-order valence-electron chi connectivity index (χ1n) is 11.5. The molecule has 0 saturated heterocycles.